The van der Waals surface area contributed by atoms with E-state index in [1.54, 1.807) is 0 Å². The summed E-state index contributed by atoms with van der Waals surface area (Å²) in [5.41, 5.74) is 2.22. The molecule has 2 nitrogen and oxygen atoms in total. The summed E-state index contributed by atoms with van der Waals surface area (Å²) >= 11 is 6.05. The molecule has 0 spiro atoms. The number of para-hydroxylation sites is 1. The van der Waals surface area contributed by atoms with Crippen LogP contribution in [0.3, 0.4) is 0 Å². The van der Waals surface area contributed by atoms with Gasteiger partial charge in [-0.25, -0.2) is 0 Å². The van der Waals surface area contributed by atoms with Crippen LogP contribution in [-0.2, 0) is 4.74 Å². The number of anilines is 1. The van der Waals surface area contributed by atoms with E-state index in [9.17, 15) is 0 Å². The van der Waals surface area contributed by atoms with E-state index in [0.717, 1.165) is 23.9 Å². The molecule has 0 radical (unpaired) electrons. The first-order chi connectivity index (χ1) is 6.27. The quantitative estimate of drug-likeness (QED) is 0.787. The molecule has 3 heteroatoms. The third kappa shape index (κ3) is 1.79. The Morgan fingerprint density at radius 1 is 1.46 bits per heavy atom. The van der Waals surface area contributed by atoms with Gasteiger partial charge in [0.05, 0.1) is 30.0 Å². The maximum atomic E-state index is 6.05. The van der Waals surface area contributed by atoms with Crippen molar-refractivity contribution < 1.29 is 4.74 Å². The molecule has 0 unspecified atom stereocenters. The molecule has 1 aromatic rings. The Morgan fingerprint density at radius 3 is 2.77 bits per heavy atom. The van der Waals surface area contributed by atoms with Crippen LogP contribution in [0.1, 0.15) is 5.56 Å². The van der Waals surface area contributed by atoms with Crippen LogP contribution >= 0.6 is 11.6 Å². The largest absolute Gasteiger partial charge is 0.377 e. The van der Waals surface area contributed by atoms with Gasteiger partial charge < -0.3 is 10.1 Å². The summed E-state index contributed by atoms with van der Waals surface area (Å²) in [4.78, 5) is 0. The average molecular weight is 198 g/mol. The molecule has 0 aliphatic carbocycles. The van der Waals surface area contributed by atoms with Crippen molar-refractivity contribution in [3.8, 4) is 0 Å². The first kappa shape index (κ1) is 8.85. The highest BCUT2D eigenvalue weighted by atomic mass is 35.5. The first-order valence-corrected chi connectivity index (χ1v) is 4.74. The zero-order chi connectivity index (χ0) is 9.26. The molecule has 1 heterocycles. The van der Waals surface area contributed by atoms with Crippen LogP contribution in [0.15, 0.2) is 18.2 Å². The van der Waals surface area contributed by atoms with Crippen LogP contribution in [-0.4, -0.2) is 19.3 Å². The molecule has 1 saturated heterocycles. The number of halogens is 1. The third-order valence-corrected chi connectivity index (χ3v) is 2.52. The van der Waals surface area contributed by atoms with Gasteiger partial charge in [0, 0.05) is 0 Å². The summed E-state index contributed by atoms with van der Waals surface area (Å²) in [7, 11) is 0. The molecule has 70 valence electrons. The second-order valence-corrected chi connectivity index (χ2v) is 3.72. The molecule has 0 aromatic heterocycles. The van der Waals surface area contributed by atoms with Gasteiger partial charge in [-0.1, -0.05) is 23.7 Å². The molecule has 2 rings (SSSR count). The Kier molecular flexibility index (Phi) is 2.42. The standard InChI is InChI=1S/C10H12ClNO/c1-7-3-2-4-9(11)10(7)12-8-5-13-6-8/h2-4,8,12H,5-6H2,1H3. The van der Waals surface area contributed by atoms with Gasteiger partial charge in [-0.15, -0.1) is 0 Å². The Bertz CT molecular complexity index is 290. The number of aryl methyl sites for hydroxylation is 1. The molecule has 13 heavy (non-hydrogen) atoms. The van der Waals surface area contributed by atoms with Crippen molar-refractivity contribution in [3.63, 3.8) is 0 Å². The second kappa shape index (κ2) is 3.56. The molecule has 1 N–H and O–H groups in total. The number of ether oxygens (including phenoxy) is 1. The van der Waals surface area contributed by atoms with E-state index in [2.05, 4.69) is 5.32 Å². The normalized spacial score (nSPS) is 16.8. The van der Waals surface area contributed by atoms with Crippen molar-refractivity contribution in [2.24, 2.45) is 0 Å². The first-order valence-electron chi connectivity index (χ1n) is 4.37. The van der Waals surface area contributed by atoms with Gasteiger partial charge in [0.1, 0.15) is 0 Å². The van der Waals surface area contributed by atoms with E-state index in [4.69, 9.17) is 16.3 Å². The van der Waals surface area contributed by atoms with E-state index in [1.165, 1.54) is 5.56 Å². The number of hydrogen-bond acceptors (Lipinski definition) is 2. The molecule has 0 saturated carbocycles. The van der Waals surface area contributed by atoms with E-state index < -0.39 is 0 Å². The number of hydrogen-bond donors (Lipinski definition) is 1. The zero-order valence-corrected chi connectivity index (χ0v) is 8.27. The van der Waals surface area contributed by atoms with Gasteiger partial charge in [0.25, 0.3) is 0 Å². The van der Waals surface area contributed by atoms with Crippen molar-refractivity contribution in [1.82, 2.24) is 0 Å². The summed E-state index contributed by atoms with van der Waals surface area (Å²) in [6, 6.07) is 6.34. The summed E-state index contributed by atoms with van der Waals surface area (Å²) < 4.78 is 5.08. The summed E-state index contributed by atoms with van der Waals surface area (Å²) in [5.74, 6) is 0. The summed E-state index contributed by atoms with van der Waals surface area (Å²) in [6.07, 6.45) is 0. The topological polar surface area (TPSA) is 21.3 Å². The van der Waals surface area contributed by atoms with Gasteiger partial charge in [0.2, 0.25) is 0 Å². The van der Waals surface area contributed by atoms with Crippen LogP contribution in [0.4, 0.5) is 5.69 Å². The summed E-state index contributed by atoms with van der Waals surface area (Å²) in [6.45, 7) is 3.61. The maximum Gasteiger partial charge on any atom is 0.0729 e. The van der Waals surface area contributed by atoms with Gasteiger partial charge in [-0.3, -0.25) is 0 Å². The minimum absolute atomic E-state index is 0.429. The fraction of sp³-hybridized carbons (Fsp3) is 0.400. The Balaban J connectivity index is 2.17. The van der Waals surface area contributed by atoms with Crippen molar-refractivity contribution in [3.05, 3.63) is 28.8 Å². The highest BCUT2D eigenvalue weighted by Crippen LogP contribution is 2.26. The lowest BCUT2D eigenvalue weighted by Gasteiger charge is -2.28. The van der Waals surface area contributed by atoms with Gasteiger partial charge >= 0.3 is 0 Å². The highest BCUT2D eigenvalue weighted by molar-refractivity contribution is 6.33. The minimum atomic E-state index is 0.429. The fourth-order valence-electron chi connectivity index (χ4n) is 1.34. The molecule has 0 atom stereocenters. The SMILES string of the molecule is Cc1cccc(Cl)c1NC1COC1. The van der Waals surface area contributed by atoms with Crippen LogP contribution in [0.5, 0.6) is 0 Å². The number of rotatable bonds is 2. The molecular weight excluding hydrogens is 186 g/mol. The van der Waals surface area contributed by atoms with Crippen LogP contribution < -0.4 is 5.32 Å². The van der Waals surface area contributed by atoms with Crippen LogP contribution in [0.2, 0.25) is 5.02 Å². The zero-order valence-electron chi connectivity index (χ0n) is 7.51. The lowest BCUT2D eigenvalue weighted by atomic mass is 10.1. The monoisotopic (exact) mass is 197 g/mol. The van der Waals surface area contributed by atoms with E-state index in [-0.39, 0.29) is 0 Å². The summed E-state index contributed by atoms with van der Waals surface area (Å²) in [5, 5.41) is 4.14. The van der Waals surface area contributed by atoms with Crippen LogP contribution in [0.25, 0.3) is 0 Å². The fourth-order valence-corrected chi connectivity index (χ4v) is 1.61. The number of benzene rings is 1. The second-order valence-electron chi connectivity index (χ2n) is 3.31. The van der Waals surface area contributed by atoms with Crippen molar-refractivity contribution in [2.45, 2.75) is 13.0 Å². The molecule has 0 amide bonds. The predicted octanol–water partition coefficient (Wildman–Crippen LogP) is 2.46. The highest BCUT2D eigenvalue weighted by Gasteiger charge is 2.19. The smallest absolute Gasteiger partial charge is 0.0729 e. The molecule has 1 aliphatic rings. The maximum absolute atomic E-state index is 6.05. The lowest BCUT2D eigenvalue weighted by Crippen LogP contribution is -2.40. The van der Waals surface area contributed by atoms with Crippen molar-refractivity contribution >= 4 is 17.3 Å². The van der Waals surface area contributed by atoms with Gasteiger partial charge in [0.15, 0.2) is 0 Å². The van der Waals surface area contributed by atoms with E-state index in [0.29, 0.717) is 6.04 Å². The van der Waals surface area contributed by atoms with Crippen LogP contribution in [0, 0.1) is 6.92 Å². The predicted molar refractivity (Wildman–Crippen MR) is 54.4 cm³/mol. The Morgan fingerprint density at radius 2 is 2.23 bits per heavy atom. The van der Waals surface area contributed by atoms with Gasteiger partial charge in [-0.2, -0.15) is 0 Å². The Hall–Kier alpha value is -0.730. The molecule has 1 aliphatic heterocycles. The number of nitrogens with one attached hydrogen (secondary N) is 1. The average Bonchev–Trinajstić information content (AvgIpc) is 2.00. The molecule has 1 fully saturated rings. The molecule has 0 bridgehead atoms. The Labute approximate surface area is 82.9 Å². The van der Waals surface area contributed by atoms with Gasteiger partial charge in [-0.05, 0) is 18.6 Å². The van der Waals surface area contributed by atoms with E-state index in [1.807, 2.05) is 25.1 Å². The lowest BCUT2D eigenvalue weighted by molar-refractivity contribution is 0.0211. The minimum Gasteiger partial charge on any atom is -0.377 e. The molecule has 1 aromatic carbocycles. The van der Waals surface area contributed by atoms with Crippen molar-refractivity contribution in [1.29, 1.82) is 0 Å². The van der Waals surface area contributed by atoms with E-state index >= 15 is 0 Å². The third-order valence-electron chi connectivity index (χ3n) is 2.21. The molecular formula is C10H12ClNO. The van der Waals surface area contributed by atoms with Crippen molar-refractivity contribution in [2.75, 3.05) is 18.5 Å².